The van der Waals surface area contributed by atoms with Gasteiger partial charge in [0.15, 0.2) is 0 Å². The number of halogens is 2. The van der Waals surface area contributed by atoms with E-state index in [-0.39, 0.29) is 0 Å². The molecule has 3 N–H and O–H groups in total. The first-order valence-electron chi connectivity index (χ1n) is 5.14. The van der Waals surface area contributed by atoms with Gasteiger partial charge in [-0.25, -0.2) is 0 Å². The average molecular weight is 312 g/mol. The van der Waals surface area contributed by atoms with Crippen molar-refractivity contribution in [2.75, 3.05) is 11.1 Å². The maximum atomic E-state index is 5.96. The molecule has 0 amide bonds. The Balaban J connectivity index is 2.34. The molecule has 0 aliphatic carbocycles. The lowest BCUT2D eigenvalue weighted by atomic mass is 10.2. The van der Waals surface area contributed by atoms with E-state index in [4.69, 9.17) is 17.3 Å². The predicted octanol–water partition coefficient (Wildman–Crippen LogP) is 4.74. The zero-order valence-electron chi connectivity index (χ0n) is 9.30. The minimum absolute atomic E-state index is 0.682. The summed E-state index contributed by atoms with van der Waals surface area (Å²) in [6, 6.07) is 11.5. The van der Waals surface area contributed by atoms with E-state index in [2.05, 4.69) is 21.2 Å². The van der Waals surface area contributed by atoms with Gasteiger partial charge in [0.2, 0.25) is 0 Å². The topological polar surface area (TPSA) is 38.0 Å². The summed E-state index contributed by atoms with van der Waals surface area (Å²) in [5.74, 6) is 0. The van der Waals surface area contributed by atoms with Crippen LogP contribution in [0.5, 0.6) is 0 Å². The van der Waals surface area contributed by atoms with E-state index in [9.17, 15) is 0 Å². The van der Waals surface area contributed by atoms with Crippen LogP contribution in [0.4, 0.5) is 17.1 Å². The van der Waals surface area contributed by atoms with Crippen molar-refractivity contribution >= 4 is 44.6 Å². The first-order valence-corrected chi connectivity index (χ1v) is 6.31. The van der Waals surface area contributed by atoms with Gasteiger partial charge in [0.25, 0.3) is 0 Å². The maximum absolute atomic E-state index is 5.96. The molecule has 88 valence electrons. The summed E-state index contributed by atoms with van der Waals surface area (Å²) in [4.78, 5) is 0. The SMILES string of the molecule is Cc1ccc(Nc2cc(Cl)ccc2Br)c(N)c1. The van der Waals surface area contributed by atoms with Crippen LogP contribution in [-0.2, 0) is 0 Å². The molecule has 0 heterocycles. The number of nitrogens with two attached hydrogens (primary N) is 1. The molecular weight excluding hydrogens is 300 g/mol. The largest absolute Gasteiger partial charge is 0.397 e. The Kier molecular flexibility index (Phi) is 3.60. The Morgan fingerprint density at radius 2 is 1.88 bits per heavy atom. The van der Waals surface area contributed by atoms with E-state index < -0.39 is 0 Å². The van der Waals surface area contributed by atoms with Crippen LogP contribution < -0.4 is 11.1 Å². The number of nitrogen functional groups attached to an aromatic ring is 1. The lowest BCUT2D eigenvalue weighted by Crippen LogP contribution is -1.97. The number of aryl methyl sites for hydroxylation is 1. The highest BCUT2D eigenvalue weighted by Gasteiger charge is 2.04. The lowest BCUT2D eigenvalue weighted by molar-refractivity contribution is 1.45. The van der Waals surface area contributed by atoms with Crippen LogP contribution in [0.15, 0.2) is 40.9 Å². The first kappa shape index (κ1) is 12.3. The van der Waals surface area contributed by atoms with Crippen molar-refractivity contribution in [3.05, 3.63) is 51.5 Å². The summed E-state index contributed by atoms with van der Waals surface area (Å²) in [6.07, 6.45) is 0. The van der Waals surface area contributed by atoms with Crippen molar-refractivity contribution in [2.24, 2.45) is 0 Å². The van der Waals surface area contributed by atoms with Gasteiger partial charge in [0.1, 0.15) is 0 Å². The number of nitrogens with one attached hydrogen (secondary N) is 1. The van der Waals surface area contributed by atoms with Gasteiger partial charge >= 0.3 is 0 Å². The Hall–Kier alpha value is -1.19. The minimum Gasteiger partial charge on any atom is -0.397 e. The fraction of sp³-hybridized carbons (Fsp3) is 0.0769. The third-order valence-corrected chi connectivity index (χ3v) is 3.33. The standard InChI is InChI=1S/C13H12BrClN2/c1-8-2-5-12(11(16)6-8)17-13-7-9(15)3-4-10(13)14/h2-7,17H,16H2,1H3. The van der Waals surface area contributed by atoms with E-state index in [1.165, 1.54) is 0 Å². The summed E-state index contributed by atoms with van der Waals surface area (Å²) in [6.45, 7) is 2.01. The van der Waals surface area contributed by atoms with Gasteiger partial charge in [-0.2, -0.15) is 0 Å². The Labute approximate surface area is 114 Å². The molecule has 0 bridgehead atoms. The molecule has 0 unspecified atom stereocenters. The van der Waals surface area contributed by atoms with Crippen LogP contribution in [-0.4, -0.2) is 0 Å². The molecule has 0 aliphatic heterocycles. The van der Waals surface area contributed by atoms with Crippen molar-refractivity contribution in [2.45, 2.75) is 6.92 Å². The fourth-order valence-electron chi connectivity index (χ4n) is 1.53. The Morgan fingerprint density at radius 1 is 1.12 bits per heavy atom. The molecule has 0 saturated heterocycles. The van der Waals surface area contributed by atoms with Crippen molar-refractivity contribution in [3.63, 3.8) is 0 Å². The van der Waals surface area contributed by atoms with Crippen molar-refractivity contribution in [1.82, 2.24) is 0 Å². The smallest absolute Gasteiger partial charge is 0.0618 e. The van der Waals surface area contributed by atoms with Gasteiger partial charge in [-0.1, -0.05) is 17.7 Å². The second kappa shape index (κ2) is 4.98. The van der Waals surface area contributed by atoms with Gasteiger partial charge in [-0.15, -0.1) is 0 Å². The molecule has 2 nitrogen and oxygen atoms in total. The van der Waals surface area contributed by atoms with Crippen molar-refractivity contribution < 1.29 is 0 Å². The van der Waals surface area contributed by atoms with Gasteiger partial charge in [0, 0.05) is 9.50 Å². The molecular formula is C13H12BrClN2. The van der Waals surface area contributed by atoms with Crippen LogP contribution in [0.1, 0.15) is 5.56 Å². The quantitative estimate of drug-likeness (QED) is 0.786. The molecule has 17 heavy (non-hydrogen) atoms. The Morgan fingerprint density at radius 3 is 2.59 bits per heavy atom. The van der Waals surface area contributed by atoms with Crippen LogP contribution in [0.2, 0.25) is 5.02 Å². The molecule has 0 radical (unpaired) electrons. The molecule has 0 aliphatic rings. The molecule has 4 heteroatoms. The van der Waals surface area contributed by atoms with Crippen LogP contribution >= 0.6 is 27.5 Å². The van der Waals surface area contributed by atoms with E-state index in [1.54, 1.807) is 0 Å². The van der Waals surface area contributed by atoms with Crippen molar-refractivity contribution in [3.8, 4) is 0 Å². The second-order valence-corrected chi connectivity index (χ2v) is 5.13. The van der Waals surface area contributed by atoms with Gasteiger partial charge in [-0.05, 0) is 58.7 Å². The Bertz CT molecular complexity index is 555. The summed E-state index contributed by atoms with van der Waals surface area (Å²) >= 11 is 9.42. The normalized spacial score (nSPS) is 10.3. The molecule has 2 aromatic carbocycles. The van der Waals surface area contributed by atoms with Crippen molar-refractivity contribution in [1.29, 1.82) is 0 Å². The number of anilines is 3. The van der Waals surface area contributed by atoms with Crippen LogP contribution in [0.3, 0.4) is 0 Å². The molecule has 0 saturated carbocycles. The van der Waals surface area contributed by atoms with Crippen LogP contribution in [0.25, 0.3) is 0 Å². The number of rotatable bonds is 2. The first-order chi connectivity index (χ1) is 8.06. The third kappa shape index (κ3) is 2.93. The number of hydrogen-bond donors (Lipinski definition) is 2. The third-order valence-electron chi connectivity index (χ3n) is 2.40. The summed E-state index contributed by atoms with van der Waals surface area (Å²) in [5.41, 5.74) is 9.57. The summed E-state index contributed by atoms with van der Waals surface area (Å²) in [5, 5.41) is 3.93. The molecule has 2 rings (SSSR count). The second-order valence-electron chi connectivity index (χ2n) is 3.84. The molecule has 0 fully saturated rings. The highest BCUT2D eigenvalue weighted by molar-refractivity contribution is 9.10. The highest BCUT2D eigenvalue weighted by atomic mass is 79.9. The molecule has 2 aromatic rings. The van der Waals surface area contributed by atoms with Gasteiger partial charge in [-0.3, -0.25) is 0 Å². The van der Waals surface area contributed by atoms with E-state index in [1.807, 2.05) is 43.3 Å². The van der Waals surface area contributed by atoms with Crippen LogP contribution in [0, 0.1) is 6.92 Å². The van der Waals surface area contributed by atoms with E-state index in [0.29, 0.717) is 5.02 Å². The molecule has 0 aromatic heterocycles. The van der Waals surface area contributed by atoms with E-state index in [0.717, 1.165) is 27.1 Å². The summed E-state index contributed by atoms with van der Waals surface area (Å²) in [7, 11) is 0. The number of benzene rings is 2. The minimum atomic E-state index is 0.682. The maximum Gasteiger partial charge on any atom is 0.0618 e. The predicted molar refractivity (Wildman–Crippen MR) is 78.0 cm³/mol. The summed E-state index contributed by atoms with van der Waals surface area (Å²) < 4.78 is 0.946. The highest BCUT2D eigenvalue weighted by Crippen LogP contribution is 2.31. The van der Waals surface area contributed by atoms with Gasteiger partial charge in [0.05, 0.1) is 17.1 Å². The molecule has 0 spiro atoms. The molecule has 0 atom stereocenters. The van der Waals surface area contributed by atoms with E-state index >= 15 is 0 Å². The average Bonchev–Trinajstić information content (AvgIpc) is 2.27. The zero-order valence-corrected chi connectivity index (χ0v) is 11.6. The monoisotopic (exact) mass is 310 g/mol. The number of hydrogen-bond acceptors (Lipinski definition) is 2. The van der Waals surface area contributed by atoms with Gasteiger partial charge < -0.3 is 11.1 Å². The lowest BCUT2D eigenvalue weighted by Gasteiger charge is -2.11. The zero-order chi connectivity index (χ0) is 12.4. The fourth-order valence-corrected chi connectivity index (χ4v) is 2.05.